The van der Waals surface area contributed by atoms with Crippen LogP contribution in [0.25, 0.3) is 0 Å². The molecule has 0 amide bonds. The fourth-order valence-electron chi connectivity index (χ4n) is 1.45. The summed E-state index contributed by atoms with van der Waals surface area (Å²) in [5.74, 6) is 0.546. The second-order valence-electron chi connectivity index (χ2n) is 5.07. The topological polar surface area (TPSA) is 59.0 Å². The second-order valence-corrected chi connectivity index (χ2v) is 5.07. The third kappa shape index (κ3) is 2.93. The van der Waals surface area contributed by atoms with Crippen molar-refractivity contribution >= 4 is 0 Å². The first-order valence-corrected chi connectivity index (χ1v) is 5.52. The highest BCUT2D eigenvalue weighted by Crippen LogP contribution is 2.21. The molecule has 96 valence electrons. The lowest BCUT2D eigenvalue weighted by atomic mass is 9.93. The summed E-state index contributed by atoms with van der Waals surface area (Å²) < 4.78 is 6.75. The summed E-state index contributed by atoms with van der Waals surface area (Å²) >= 11 is 0. The molecule has 0 fully saturated rings. The van der Waals surface area contributed by atoms with Gasteiger partial charge in [-0.2, -0.15) is 0 Å². The molecule has 5 nitrogen and oxygen atoms in total. The van der Waals surface area contributed by atoms with Gasteiger partial charge in [-0.3, -0.25) is 14.6 Å². The van der Waals surface area contributed by atoms with E-state index in [0.717, 1.165) is 5.70 Å². The number of H-pyrrole nitrogens is 1. The number of rotatable bonds is 4. The smallest absolute Gasteiger partial charge is 0.273 e. The molecule has 0 spiro atoms. The van der Waals surface area contributed by atoms with Crippen LogP contribution >= 0.6 is 0 Å². The molecule has 2 N–H and O–H groups in total. The van der Waals surface area contributed by atoms with Crippen LogP contribution in [-0.2, 0) is 13.6 Å². The molecule has 5 heteroatoms. The van der Waals surface area contributed by atoms with E-state index in [1.807, 2.05) is 0 Å². The van der Waals surface area contributed by atoms with Gasteiger partial charge in [0.05, 0.1) is 19.2 Å². The van der Waals surface area contributed by atoms with Crippen LogP contribution in [0.1, 0.15) is 26.3 Å². The molecule has 1 heterocycles. The zero-order chi connectivity index (χ0) is 13.2. The Kier molecular flexibility index (Phi) is 3.70. The minimum Gasteiger partial charge on any atom is -0.481 e. The van der Waals surface area contributed by atoms with E-state index < -0.39 is 0 Å². The average molecular weight is 239 g/mol. The maximum Gasteiger partial charge on any atom is 0.273 e. The molecular weight excluding hydrogens is 218 g/mol. The Morgan fingerprint density at radius 2 is 2.12 bits per heavy atom. The van der Waals surface area contributed by atoms with E-state index in [2.05, 4.69) is 37.8 Å². The molecule has 17 heavy (non-hydrogen) atoms. The number of aromatic nitrogens is 2. The predicted octanol–water partition coefficient (Wildman–Crippen LogP) is 1.37. The molecular formula is C12H21N3O2. The van der Waals surface area contributed by atoms with Gasteiger partial charge in [0.25, 0.3) is 5.56 Å². The molecule has 1 aromatic heterocycles. The fraction of sp³-hybridized carbons (Fsp3) is 0.583. The van der Waals surface area contributed by atoms with Gasteiger partial charge in [0, 0.05) is 18.2 Å². The molecule has 0 aromatic carbocycles. The molecule has 0 aliphatic rings. The highest BCUT2D eigenvalue weighted by molar-refractivity contribution is 5.24. The molecule has 0 bridgehead atoms. The minimum atomic E-state index is -0.140. The van der Waals surface area contributed by atoms with Gasteiger partial charge >= 0.3 is 0 Å². The van der Waals surface area contributed by atoms with E-state index in [4.69, 9.17) is 4.74 Å². The van der Waals surface area contributed by atoms with Crippen molar-refractivity contribution in [2.75, 3.05) is 7.11 Å². The first-order chi connectivity index (χ1) is 7.77. The summed E-state index contributed by atoms with van der Waals surface area (Å²) in [6.07, 6.45) is 0. The summed E-state index contributed by atoms with van der Waals surface area (Å²) in [6.45, 7) is 10.6. The van der Waals surface area contributed by atoms with E-state index in [0.29, 0.717) is 18.0 Å². The lowest BCUT2D eigenvalue weighted by molar-refractivity contribution is 0.367. The zero-order valence-corrected chi connectivity index (χ0v) is 11.2. The van der Waals surface area contributed by atoms with E-state index in [9.17, 15) is 4.79 Å². The van der Waals surface area contributed by atoms with Crippen molar-refractivity contribution in [3.05, 3.63) is 28.2 Å². The van der Waals surface area contributed by atoms with Crippen LogP contribution < -0.4 is 15.6 Å². The Bertz CT molecular complexity index is 463. The van der Waals surface area contributed by atoms with E-state index in [1.54, 1.807) is 18.8 Å². The van der Waals surface area contributed by atoms with Gasteiger partial charge in [-0.05, 0) is 0 Å². The number of allylic oxidation sites excluding steroid dienone is 1. The van der Waals surface area contributed by atoms with Crippen LogP contribution in [0, 0.1) is 5.41 Å². The lowest BCUT2D eigenvalue weighted by Crippen LogP contribution is -2.25. The number of methoxy groups -OCH3 is 1. The van der Waals surface area contributed by atoms with Crippen molar-refractivity contribution in [1.82, 2.24) is 15.1 Å². The molecule has 0 radical (unpaired) electrons. The van der Waals surface area contributed by atoms with Crippen LogP contribution in [-0.4, -0.2) is 16.9 Å². The molecule has 0 atom stereocenters. The summed E-state index contributed by atoms with van der Waals surface area (Å²) in [5, 5.41) is 5.82. The highest BCUT2D eigenvalue weighted by Gasteiger charge is 2.17. The lowest BCUT2D eigenvalue weighted by Gasteiger charge is -2.22. The number of aryl methyl sites for hydroxylation is 1. The zero-order valence-electron chi connectivity index (χ0n) is 11.2. The van der Waals surface area contributed by atoms with Crippen LogP contribution in [0.15, 0.2) is 17.1 Å². The van der Waals surface area contributed by atoms with Crippen molar-refractivity contribution in [3.8, 4) is 5.88 Å². The fourth-order valence-corrected chi connectivity index (χ4v) is 1.45. The molecule has 0 aliphatic heterocycles. The first-order valence-electron chi connectivity index (χ1n) is 5.52. The van der Waals surface area contributed by atoms with E-state index in [1.165, 1.54) is 0 Å². The first kappa shape index (κ1) is 13.4. The van der Waals surface area contributed by atoms with Gasteiger partial charge in [0.2, 0.25) is 5.88 Å². The quantitative estimate of drug-likeness (QED) is 0.834. The van der Waals surface area contributed by atoms with E-state index >= 15 is 0 Å². The summed E-state index contributed by atoms with van der Waals surface area (Å²) in [5.41, 5.74) is 1.30. The van der Waals surface area contributed by atoms with Crippen LogP contribution in [0.5, 0.6) is 5.88 Å². The standard InChI is InChI=1S/C12H21N3O2/c1-8(12(2,3)4)13-7-9-10(16)14-15(5)11(9)17-6/h13H,1,7H2,2-6H3,(H,14,16). The Morgan fingerprint density at radius 3 is 2.59 bits per heavy atom. The van der Waals surface area contributed by atoms with Crippen LogP contribution in [0.4, 0.5) is 0 Å². The number of nitrogens with one attached hydrogen (secondary N) is 2. The third-order valence-corrected chi connectivity index (χ3v) is 2.68. The van der Waals surface area contributed by atoms with Crippen LogP contribution in [0.2, 0.25) is 0 Å². The molecule has 1 aromatic rings. The number of hydrogen-bond acceptors (Lipinski definition) is 3. The minimum absolute atomic E-state index is 0.0330. The summed E-state index contributed by atoms with van der Waals surface area (Å²) in [6, 6.07) is 0. The molecule has 0 aliphatic carbocycles. The largest absolute Gasteiger partial charge is 0.481 e. The predicted molar refractivity (Wildman–Crippen MR) is 68.0 cm³/mol. The van der Waals surface area contributed by atoms with Gasteiger partial charge in [0.1, 0.15) is 0 Å². The number of nitrogens with zero attached hydrogens (tertiary/aromatic N) is 1. The number of aromatic amines is 1. The average Bonchev–Trinajstić information content (AvgIpc) is 2.47. The second kappa shape index (κ2) is 4.69. The molecule has 0 saturated carbocycles. The van der Waals surface area contributed by atoms with Crippen molar-refractivity contribution in [3.63, 3.8) is 0 Å². The van der Waals surface area contributed by atoms with Crippen molar-refractivity contribution < 1.29 is 4.74 Å². The maximum absolute atomic E-state index is 11.7. The number of ether oxygens (including phenoxy) is 1. The van der Waals surface area contributed by atoms with Crippen molar-refractivity contribution in [1.29, 1.82) is 0 Å². The van der Waals surface area contributed by atoms with E-state index in [-0.39, 0.29) is 11.0 Å². The van der Waals surface area contributed by atoms with Gasteiger partial charge in [-0.15, -0.1) is 0 Å². The van der Waals surface area contributed by atoms with Gasteiger partial charge in [0.15, 0.2) is 0 Å². The monoisotopic (exact) mass is 239 g/mol. The summed E-state index contributed by atoms with van der Waals surface area (Å²) in [7, 11) is 3.28. The Morgan fingerprint density at radius 1 is 1.53 bits per heavy atom. The van der Waals surface area contributed by atoms with Crippen molar-refractivity contribution in [2.24, 2.45) is 12.5 Å². The van der Waals surface area contributed by atoms with Gasteiger partial charge in [-0.25, -0.2) is 0 Å². The summed E-state index contributed by atoms with van der Waals surface area (Å²) in [4.78, 5) is 11.7. The molecule has 0 saturated heterocycles. The Balaban J connectivity index is 2.83. The third-order valence-electron chi connectivity index (χ3n) is 2.68. The van der Waals surface area contributed by atoms with Crippen LogP contribution in [0.3, 0.4) is 0 Å². The highest BCUT2D eigenvalue weighted by atomic mass is 16.5. The van der Waals surface area contributed by atoms with Gasteiger partial charge in [-0.1, -0.05) is 27.4 Å². The Labute approximate surface area is 101 Å². The molecule has 1 rings (SSSR count). The van der Waals surface area contributed by atoms with Crippen molar-refractivity contribution in [2.45, 2.75) is 27.3 Å². The normalized spacial score (nSPS) is 11.4. The number of hydrogen-bond donors (Lipinski definition) is 2. The maximum atomic E-state index is 11.7. The molecule has 0 unspecified atom stereocenters. The van der Waals surface area contributed by atoms with Gasteiger partial charge < -0.3 is 10.1 Å². The SMILES string of the molecule is C=C(NCc1c(OC)n(C)[nH]c1=O)C(C)(C)C. The Hall–Kier alpha value is -1.65.